The fourth-order valence-electron chi connectivity index (χ4n) is 8.99. The van der Waals surface area contributed by atoms with Crippen LogP contribution in [0.15, 0.2) is 72.8 Å². The summed E-state index contributed by atoms with van der Waals surface area (Å²) in [5.74, 6) is 0.303. The topological polar surface area (TPSA) is 149 Å². The number of benzene rings is 3. The predicted molar refractivity (Wildman–Crippen MR) is 223 cm³/mol. The van der Waals surface area contributed by atoms with E-state index in [1.807, 2.05) is 69.3 Å². The van der Waals surface area contributed by atoms with Crippen molar-refractivity contribution in [2.24, 2.45) is 5.92 Å². The minimum Gasteiger partial charge on any atom is -0.392 e. The molecule has 1 saturated carbocycles. The number of aliphatic hydroxyl groups excluding tert-OH is 1. The summed E-state index contributed by atoms with van der Waals surface area (Å²) in [5, 5.41) is 24.7. The van der Waals surface area contributed by atoms with Gasteiger partial charge in [0, 0.05) is 49.5 Å². The number of nitrogens with zero attached hydrogens (tertiary/aromatic N) is 1. The van der Waals surface area contributed by atoms with Crippen LogP contribution < -0.4 is 16.1 Å². The molecule has 11 nitrogen and oxygen atoms in total. The number of nitrogens with one attached hydrogen (secondary N) is 3. The molecular weight excluding hydrogens is 733 g/mol. The zero-order valence-corrected chi connectivity index (χ0v) is 34.6. The first-order valence-electron chi connectivity index (χ1n) is 21.5. The monoisotopic (exact) mass is 796 g/mol. The van der Waals surface area contributed by atoms with Crippen LogP contribution >= 0.6 is 0 Å². The Morgan fingerprint density at radius 1 is 0.776 bits per heavy atom. The maximum absolute atomic E-state index is 13.9. The van der Waals surface area contributed by atoms with Crippen molar-refractivity contribution in [2.45, 2.75) is 154 Å². The van der Waals surface area contributed by atoms with Crippen molar-refractivity contribution in [1.29, 1.82) is 0 Å². The van der Waals surface area contributed by atoms with E-state index in [0.717, 1.165) is 71.9 Å². The number of carbonyl (C=O) groups is 3. The van der Waals surface area contributed by atoms with Gasteiger partial charge >= 0.3 is 0 Å². The van der Waals surface area contributed by atoms with Crippen molar-refractivity contribution >= 4 is 17.7 Å². The first-order valence-corrected chi connectivity index (χ1v) is 21.5. The van der Waals surface area contributed by atoms with Crippen LogP contribution in [0.2, 0.25) is 0 Å². The standard InChI is InChI=1S/C47H64N4O7/c1-47(2,3)49-45(55)41-25-24-34-13-8-9-17-40(34)51(41)30-39-28-42(35-22-20-32(31-52)21-23-35)58-46(57-39)38-16-11-15-37(27-38)36-14-10-12-33(26-36)29-48-43(53)18-6-4-5-7-19-44(54)50-56/h10-12,14-16,20-23,26-27,34,39-42,46,52,56H,4-9,13,17-19,24-25,28-31H2,1-3H3,(H,48,53)(H,49,55)(H,50,54)/t34-,39-,40-,41-,42+,46+/m1/s1. The molecule has 3 amide bonds. The lowest BCUT2D eigenvalue weighted by Crippen LogP contribution is -2.61. The van der Waals surface area contributed by atoms with Crippen LogP contribution in [0.3, 0.4) is 0 Å². The third-order valence-corrected chi connectivity index (χ3v) is 11.9. The average Bonchev–Trinajstić information content (AvgIpc) is 3.23. The Bertz CT molecular complexity index is 1810. The van der Waals surface area contributed by atoms with Crippen molar-refractivity contribution in [3.63, 3.8) is 0 Å². The highest BCUT2D eigenvalue weighted by atomic mass is 16.7. The van der Waals surface area contributed by atoms with Gasteiger partial charge in [-0.3, -0.25) is 24.5 Å². The first kappa shape index (κ1) is 43.4. The highest BCUT2D eigenvalue weighted by Gasteiger charge is 2.44. The van der Waals surface area contributed by atoms with Gasteiger partial charge in [-0.05, 0) is 105 Å². The molecule has 0 aromatic heterocycles. The van der Waals surface area contributed by atoms with E-state index in [0.29, 0.717) is 44.3 Å². The number of carbonyl (C=O) groups excluding carboxylic acids is 3. The van der Waals surface area contributed by atoms with Crippen molar-refractivity contribution in [1.82, 2.24) is 21.0 Å². The molecule has 5 N–H and O–H groups in total. The molecule has 0 unspecified atom stereocenters. The molecule has 6 atom stereocenters. The molecule has 3 aromatic carbocycles. The molecule has 2 heterocycles. The van der Waals surface area contributed by atoms with Crippen molar-refractivity contribution < 1.29 is 34.2 Å². The summed E-state index contributed by atoms with van der Waals surface area (Å²) in [6.07, 6.45) is 10.1. The number of piperidine rings is 1. The van der Waals surface area contributed by atoms with Crippen LogP contribution in [0.1, 0.15) is 139 Å². The Balaban J connectivity index is 1.16. The van der Waals surface area contributed by atoms with Gasteiger partial charge in [-0.1, -0.05) is 86.3 Å². The summed E-state index contributed by atoms with van der Waals surface area (Å²) in [4.78, 5) is 40.1. The number of rotatable bonds is 16. The molecule has 0 radical (unpaired) electrons. The number of fused-ring (bicyclic) bond motifs is 1. The number of ether oxygens (including phenoxy) is 2. The van der Waals surface area contributed by atoms with Crippen LogP contribution in [-0.4, -0.2) is 63.2 Å². The van der Waals surface area contributed by atoms with Crippen LogP contribution in [0.5, 0.6) is 0 Å². The molecule has 1 aliphatic carbocycles. The van der Waals surface area contributed by atoms with E-state index >= 15 is 0 Å². The largest absolute Gasteiger partial charge is 0.392 e. The van der Waals surface area contributed by atoms with Gasteiger partial charge in [0.1, 0.15) is 0 Å². The van der Waals surface area contributed by atoms with E-state index in [-0.39, 0.29) is 54.5 Å². The number of hydroxylamine groups is 1. The smallest absolute Gasteiger partial charge is 0.243 e. The van der Waals surface area contributed by atoms with Gasteiger partial charge < -0.3 is 25.2 Å². The SMILES string of the molecule is CC(C)(C)NC(=O)[C@H]1CC[C@H]2CCCC[C@H]2N1C[C@H]1C[C@@H](c2ccc(CO)cc2)O[C@@H](c2cccc(-c3cccc(CNC(=O)CCCCCCC(=O)NO)c3)c2)O1. The van der Waals surface area contributed by atoms with Gasteiger partial charge in [0.05, 0.1) is 24.9 Å². The molecule has 58 heavy (non-hydrogen) atoms. The van der Waals surface area contributed by atoms with Crippen molar-refractivity contribution in [3.05, 3.63) is 95.1 Å². The summed E-state index contributed by atoms with van der Waals surface area (Å²) < 4.78 is 13.7. The molecule has 3 aliphatic rings. The normalized spacial score (nSPS) is 23.7. The first-order chi connectivity index (χ1) is 28.0. The number of aliphatic hydroxyl groups is 1. The summed E-state index contributed by atoms with van der Waals surface area (Å²) in [7, 11) is 0. The van der Waals surface area contributed by atoms with Gasteiger partial charge in [0.2, 0.25) is 17.7 Å². The fourth-order valence-corrected chi connectivity index (χ4v) is 8.99. The second-order valence-electron chi connectivity index (χ2n) is 17.5. The minimum atomic E-state index is -0.635. The van der Waals surface area contributed by atoms with E-state index < -0.39 is 6.29 Å². The summed E-state index contributed by atoms with van der Waals surface area (Å²) >= 11 is 0. The van der Waals surface area contributed by atoms with Crippen molar-refractivity contribution in [3.8, 4) is 11.1 Å². The quantitative estimate of drug-likeness (QED) is 0.0561. The number of amides is 3. The molecule has 0 spiro atoms. The third kappa shape index (κ3) is 12.2. The second-order valence-corrected chi connectivity index (χ2v) is 17.5. The van der Waals surface area contributed by atoms with Gasteiger partial charge in [-0.2, -0.15) is 0 Å². The Morgan fingerprint density at radius 3 is 2.21 bits per heavy atom. The van der Waals surface area contributed by atoms with Gasteiger partial charge in [0.25, 0.3) is 0 Å². The zero-order valence-electron chi connectivity index (χ0n) is 34.6. The average molecular weight is 797 g/mol. The number of hydrogen-bond donors (Lipinski definition) is 5. The number of likely N-dealkylation sites (tertiary alicyclic amines) is 1. The predicted octanol–water partition coefficient (Wildman–Crippen LogP) is 7.79. The molecule has 3 fully saturated rings. The number of hydrogen-bond acceptors (Lipinski definition) is 8. The molecule has 3 aromatic rings. The Morgan fingerprint density at radius 2 is 1.48 bits per heavy atom. The highest BCUT2D eigenvalue weighted by Crippen LogP contribution is 2.42. The van der Waals surface area contributed by atoms with E-state index in [9.17, 15) is 19.5 Å². The lowest BCUT2D eigenvalue weighted by molar-refractivity contribution is -0.255. The van der Waals surface area contributed by atoms with E-state index in [4.69, 9.17) is 14.7 Å². The van der Waals surface area contributed by atoms with Gasteiger partial charge in [0.15, 0.2) is 6.29 Å². The summed E-state index contributed by atoms with van der Waals surface area (Å²) in [5.41, 5.74) is 7.15. The van der Waals surface area contributed by atoms with Gasteiger partial charge in [-0.15, -0.1) is 0 Å². The van der Waals surface area contributed by atoms with Crippen molar-refractivity contribution in [2.75, 3.05) is 6.54 Å². The molecular formula is C47H64N4O7. The second kappa shape index (κ2) is 20.7. The Labute approximate surface area is 344 Å². The maximum atomic E-state index is 13.9. The molecule has 2 aliphatic heterocycles. The van der Waals surface area contributed by atoms with Crippen LogP contribution in [0.25, 0.3) is 11.1 Å². The minimum absolute atomic E-state index is 0.00748. The third-order valence-electron chi connectivity index (χ3n) is 11.9. The maximum Gasteiger partial charge on any atom is 0.243 e. The van der Waals surface area contributed by atoms with Crippen LogP contribution in [0, 0.1) is 5.92 Å². The molecule has 11 heteroatoms. The highest BCUT2D eigenvalue weighted by molar-refractivity contribution is 5.82. The van der Waals surface area contributed by atoms with Crippen LogP contribution in [0.4, 0.5) is 0 Å². The summed E-state index contributed by atoms with van der Waals surface area (Å²) in [6, 6.07) is 24.6. The van der Waals surface area contributed by atoms with E-state index in [1.165, 1.54) is 19.3 Å². The lowest BCUT2D eigenvalue weighted by atomic mass is 9.75. The molecule has 0 bridgehead atoms. The lowest BCUT2D eigenvalue weighted by Gasteiger charge is -2.50. The number of unbranched alkanes of at least 4 members (excludes halogenated alkanes) is 3. The van der Waals surface area contributed by atoms with E-state index in [1.54, 1.807) is 5.48 Å². The Kier molecular flexibility index (Phi) is 15.5. The molecule has 6 rings (SSSR count). The van der Waals surface area contributed by atoms with Crippen LogP contribution in [-0.2, 0) is 37.0 Å². The fraction of sp³-hybridized carbons (Fsp3) is 0.553. The Hall–Kier alpha value is -4.13. The molecule has 314 valence electrons. The van der Waals surface area contributed by atoms with Gasteiger partial charge in [-0.25, -0.2) is 5.48 Å². The summed E-state index contributed by atoms with van der Waals surface area (Å²) in [6.45, 7) is 7.17. The van der Waals surface area contributed by atoms with E-state index in [2.05, 4.69) is 39.8 Å². The molecule has 2 saturated heterocycles. The zero-order chi connectivity index (χ0) is 41.1.